The fourth-order valence-corrected chi connectivity index (χ4v) is 1.99. The van der Waals surface area contributed by atoms with Crippen LogP contribution < -0.4 is 5.32 Å². The molecule has 0 aliphatic carbocycles. The summed E-state index contributed by atoms with van der Waals surface area (Å²) in [6, 6.07) is 6.46. The van der Waals surface area contributed by atoms with Gasteiger partial charge in [-0.1, -0.05) is 0 Å². The van der Waals surface area contributed by atoms with Gasteiger partial charge in [0.15, 0.2) is 5.78 Å². The molecule has 0 radical (unpaired) electrons. The Morgan fingerprint density at radius 2 is 1.88 bits per heavy atom. The molecule has 0 saturated carbocycles. The van der Waals surface area contributed by atoms with Gasteiger partial charge >= 0.3 is 0 Å². The molecule has 1 aromatic rings. The van der Waals surface area contributed by atoms with Crippen LogP contribution in [0.15, 0.2) is 24.3 Å². The molecule has 1 saturated heterocycles. The summed E-state index contributed by atoms with van der Waals surface area (Å²) in [7, 11) is 0. The maximum atomic E-state index is 11.9. The summed E-state index contributed by atoms with van der Waals surface area (Å²) in [4.78, 5) is 14.2. The van der Waals surface area contributed by atoms with Gasteiger partial charge in [-0.05, 0) is 24.3 Å². The van der Waals surface area contributed by atoms with Crippen molar-refractivity contribution in [2.75, 3.05) is 32.7 Å². The number of nitrogens with zero attached hydrogens (tertiary/aromatic N) is 1. The van der Waals surface area contributed by atoms with Crippen LogP contribution in [0.1, 0.15) is 16.8 Å². The third-order valence-corrected chi connectivity index (χ3v) is 3.05. The Bertz CT molecular complexity index is 370. The van der Waals surface area contributed by atoms with E-state index in [0.29, 0.717) is 12.0 Å². The predicted octanol–water partition coefficient (Wildman–Crippen LogP) is 0.870. The number of piperazine rings is 1. The molecule has 0 atom stereocenters. The summed E-state index contributed by atoms with van der Waals surface area (Å²) >= 11 is 0. The van der Waals surface area contributed by atoms with Crippen LogP contribution in [0.2, 0.25) is 0 Å². The second kappa shape index (κ2) is 5.80. The zero-order valence-electron chi connectivity index (χ0n) is 9.85. The van der Waals surface area contributed by atoms with E-state index in [-0.39, 0.29) is 11.5 Å². The molecule has 4 nitrogen and oxygen atoms in total. The fraction of sp³-hybridized carbons (Fsp3) is 0.462. The molecule has 1 heterocycles. The minimum Gasteiger partial charge on any atom is -0.508 e. The van der Waals surface area contributed by atoms with Crippen LogP contribution >= 0.6 is 0 Å². The average Bonchev–Trinajstić information content (AvgIpc) is 2.38. The quantitative estimate of drug-likeness (QED) is 0.759. The number of hydrogen-bond acceptors (Lipinski definition) is 4. The van der Waals surface area contributed by atoms with Crippen molar-refractivity contribution >= 4 is 5.78 Å². The van der Waals surface area contributed by atoms with Crippen LogP contribution in [0.5, 0.6) is 5.75 Å². The number of phenols is 1. The Hall–Kier alpha value is -1.39. The van der Waals surface area contributed by atoms with Crippen molar-refractivity contribution in [3.8, 4) is 5.75 Å². The van der Waals surface area contributed by atoms with Gasteiger partial charge in [0.2, 0.25) is 0 Å². The molecule has 0 amide bonds. The minimum atomic E-state index is 0.142. The topological polar surface area (TPSA) is 52.6 Å². The summed E-state index contributed by atoms with van der Waals surface area (Å²) in [5.41, 5.74) is 0.679. The highest BCUT2D eigenvalue weighted by Crippen LogP contribution is 2.11. The largest absolute Gasteiger partial charge is 0.508 e. The Morgan fingerprint density at radius 3 is 2.53 bits per heavy atom. The van der Waals surface area contributed by atoms with Gasteiger partial charge in [-0.15, -0.1) is 0 Å². The van der Waals surface area contributed by atoms with Gasteiger partial charge in [-0.25, -0.2) is 0 Å². The normalized spacial score (nSPS) is 16.9. The lowest BCUT2D eigenvalue weighted by molar-refractivity contribution is 0.0960. The highest BCUT2D eigenvalue weighted by molar-refractivity contribution is 5.96. The lowest BCUT2D eigenvalue weighted by Crippen LogP contribution is -2.44. The highest BCUT2D eigenvalue weighted by atomic mass is 16.3. The molecule has 1 fully saturated rings. The molecule has 0 spiro atoms. The van der Waals surface area contributed by atoms with Gasteiger partial charge in [0, 0.05) is 44.7 Å². The number of ketones is 1. The van der Waals surface area contributed by atoms with Gasteiger partial charge in [0.1, 0.15) is 5.75 Å². The van der Waals surface area contributed by atoms with Gasteiger partial charge in [0.25, 0.3) is 0 Å². The van der Waals surface area contributed by atoms with E-state index < -0.39 is 0 Å². The van der Waals surface area contributed by atoms with E-state index in [9.17, 15) is 4.79 Å². The Kier molecular flexibility index (Phi) is 4.12. The molecule has 0 aromatic heterocycles. The maximum absolute atomic E-state index is 11.9. The number of carbonyl (C=O) groups excluding carboxylic acids is 1. The van der Waals surface area contributed by atoms with Gasteiger partial charge < -0.3 is 15.3 Å². The summed E-state index contributed by atoms with van der Waals surface area (Å²) in [6.45, 7) is 4.87. The number of rotatable bonds is 4. The van der Waals surface area contributed by atoms with Gasteiger partial charge in [0.05, 0.1) is 0 Å². The molecule has 1 aliphatic rings. The number of carbonyl (C=O) groups is 1. The smallest absolute Gasteiger partial charge is 0.164 e. The first-order chi connectivity index (χ1) is 8.25. The first-order valence-electron chi connectivity index (χ1n) is 6.01. The average molecular weight is 234 g/mol. The minimum absolute atomic E-state index is 0.142. The first-order valence-corrected chi connectivity index (χ1v) is 6.01. The molecular weight excluding hydrogens is 216 g/mol. The van der Waals surface area contributed by atoms with Crippen molar-refractivity contribution in [2.45, 2.75) is 6.42 Å². The zero-order valence-corrected chi connectivity index (χ0v) is 9.85. The lowest BCUT2D eigenvalue weighted by Gasteiger charge is -2.26. The lowest BCUT2D eigenvalue weighted by atomic mass is 10.1. The second-order valence-corrected chi connectivity index (χ2v) is 4.31. The van der Waals surface area contributed by atoms with E-state index in [1.165, 1.54) is 0 Å². The number of benzene rings is 1. The zero-order chi connectivity index (χ0) is 12.1. The van der Waals surface area contributed by atoms with Crippen LogP contribution in [-0.2, 0) is 0 Å². The van der Waals surface area contributed by atoms with Crippen molar-refractivity contribution < 1.29 is 9.90 Å². The van der Waals surface area contributed by atoms with Crippen LogP contribution in [0, 0.1) is 0 Å². The Balaban J connectivity index is 1.82. The Labute approximate surface area is 101 Å². The number of nitrogens with one attached hydrogen (secondary N) is 1. The molecular formula is C13H18N2O2. The van der Waals surface area contributed by atoms with E-state index in [2.05, 4.69) is 10.2 Å². The number of aromatic hydroxyl groups is 1. The summed E-state index contributed by atoms with van der Waals surface area (Å²) in [5.74, 6) is 0.340. The fourth-order valence-electron chi connectivity index (χ4n) is 1.99. The highest BCUT2D eigenvalue weighted by Gasteiger charge is 2.12. The molecule has 92 valence electrons. The van der Waals surface area contributed by atoms with E-state index >= 15 is 0 Å². The maximum Gasteiger partial charge on any atom is 0.164 e. The van der Waals surface area contributed by atoms with Crippen molar-refractivity contribution in [3.05, 3.63) is 29.8 Å². The predicted molar refractivity (Wildman–Crippen MR) is 66.4 cm³/mol. The van der Waals surface area contributed by atoms with E-state index in [1.807, 2.05) is 0 Å². The Morgan fingerprint density at radius 1 is 1.24 bits per heavy atom. The SMILES string of the molecule is O=C(CCN1CCNCC1)c1ccc(O)cc1. The third-order valence-electron chi connectivity index (χ3n) is 3.05. The van der Waals surface area contributed by atoms with Crippen LogP contribution in [0.25, 0.3) is 0 Å². The molecule has 0 bridgehead atoms. The molecule has 0 unspecified atom stereocenters. The number of phenolic OH excluding ortho intramolecular Hbond substituents is 1. The summed E-state index contributed by atoms with van der Waals surface area (Å²) < 4.78 is 0. The first kappa shape index (κ1) is 12.1. The van der Waals surface area contributed by atoms with Gasteiger partial charge in [-0.3, -0.25) is 4.79 Å². The van der Waals surface area contributed by atoms with Crippen LogP contribution in [0.3, 0.4) is 0 Å². The summed E-state index contributed by atoms with van der Waals surface area (Å²) in [5, 5.41) is 12.4. The monoisotopic (exact) mass is 234 g/mol. The van der Waals surface area contributed by atoms with Crippen molar-refractivity contribution in [1.29, 1.82) is 0 Å². The van der Waals surface area contributed by atoms with Crippen LogP contribution in [0.4, 0.5) is 0 Å². The van der Waals surface area contributed by atoms with E-state index in [0.717, 1.165) is 32.7 Å². The van der Waals surface area contributed by atoms with Gasteiger partial charge in [-0.2, -0.15) is 0 Å². The van der Waals surface area contributed by atoms with E-state index in [4.69, 9.17) is 5.11 Å². The molecule has 4 heteroatoms. The van der Waals surface area contributed by atoms with Crippen molar-refractivity contribution in [1.82, 2.24) is 10.2 Å². The molecule has 17 heavy (non-hydrogen) atoms. The van der Waals surface area contributed by atoms with Crippen molar-refractivity contribution in [2.24, 2.45) is 0 Å². The number of Topliss-reactive ketones (excluding diaryl/α,β-unsaturated/α-hetero) is 1. The number of hydrogen-bond donors (Lipinski definition) is 2. The molecule has 2 rings (SSSR count). The third kappa shape index (κ3) is 3.54. The summed E-state index contributed by atoms with van der Waals surface area (Å²) in [6.07, 6.45) is 0.546. The molecule has 1 aliphatic heterocycles. The van der Waals surface area contributed by atoms with E-state index in [1.54, 1.807) is 24.3 Å². The standard InChI is InChI=1S/C13H18N2O2/c16-12-3-1-11(2-4-12)13(17)5-8-15-9-6-14-7-10-15/h1-4,14,16H,5-10H2. The van der Waals surface area contributed by atoms with Crippen LogP contribution in [-0.4, -0.2) is 48.5 Å². The molecule has 2 N–H and O–H groups in total. The second-order valence-electron chi connectivity index (χ2n) is 4.31. The van der Waals surface area contributed by atoms with Crippen molar-refractivity contribution in [3.63, 3.8) is 0 Å². The molecule has 1 aromatic carbocycles.